The molecule has 0 saturated heterocycles. The molecule has 200 valence electrons. The van der Waals surface area contributed by atoms with Gasteiger partial charge in [0.15, 0.2) is 9.84 Å². The van der Waals surface area contributed by atoms with Crippen LogP contribution in [0.4, 0.5) is 4.39 Å². The molecule has 0 spiro atoms. The van der Waals surface area contributed by atoms with Crippen molar-refractivity contribution in [1.82, 2.24) is 4.90 Å². The predicted molar refractivity (Wildman–Crippen MR) is 146 cm³/mol. The van der Waals surface area contributed by atoms with E-state index in [9.17, 15) is 17.9 Å². The Morgan fingerprint density at radius 1 is 1.08 bits per heavy atom. The van der Waals surface area contributed by atoms with Gasteiger partial charge in [-0.25, -0.2) is 12.8 Å². The highest BCUT2D eigenvalue weighted by Gasteiger charge is 2.25. The molecule has 0 unspecified atom stereocenters. The summed E-state index contributed by atoms with van der Waals surface area (Å²) in [7, 11) is -3.72. The van der Waals surface area contributed by atoms with Crippen molar-refractivity contribution in [3.8, 4) is 5.75 Å². The molecule has 0 aliphatic rings. The molecular weight excluding hydrogens is 513 g/mol. The largest absolute Gasteiger partial charge is 0.493 e. The molecule has 5 nitrogen and oxygen atoms in total. The second-order valence-corrected chi connectivity index (χ2v) is 12.4. The Morgan fingerprint density at radius 2 is 1.78 bits per heavy atom. The SMILES string of the molecule is Cc1cccc(CN(CCCOc2cc(F)c(CO)c(S(C)(=O)=O)c2)CC(C)(C)c2ccccc2)c1Cl. The first-order valence-corrected chi connectivity index (χ1v) is 14.5. The molecule has 3 aromatic carbocycles. The number of nitrogens with zero attached hydrogens (tertiary/aromatic N) is 1. The van der Waals surface area contributed by atoms with Gasteiger partial charge < -0.3 is 9.84 Å². The number of rotatable bonds is 12. The molecule has 3 aromatic rings. The van der Waals surface area contributed by atoms with Crippen molar-refractivity contribution < 1.29 is 22.7 Å². The molecular formula is C29H35ClFNO4S. The highest BCUT2D eigenvalue weighted by atomic mass is 35.5. The summed E-state index contributed by atoms with van der Waals surface area (Å²) in [5, 5.41) is 10.2. The van der Waals surface area contributed by atoms with Crippen LogP contribution in [0.2, 0.25) is 5.02 Å². The number of aliphatic hydroxyl groups is 1. The van der Waals surface area contributed by atoms with Gasteiger partial charge in [-0.05, 0) is 36.1 Å². The Bertz CT molecular complexity index is 1310. The summed E-state index contributed by atoms with van der Waals surface area (Å²) in [6.07, 6.45) is 1.61. The van der Waals surface area contributed by atoms with Gasteiger partial charge in [0, 0.05) is 48.0 Å². The van der Waals surface area contributed by atoms with Crippen LogP contribution in [0.1, 0.15) is 42.5 Å². The third-order valence-corrected chi connectivity index (χ3v) is 8.12. The van der Waals surface area contributed by atoms with Crippen LogP contribution >= 0.6 is 11.6 Å². The summed E-state index contributed by atoms with van der Waals surface area (Å²) in [4.78, 5) is 2.07. The fourth-order valence-electron chi connectivity index (χ4n) is 4.46. The van der Waals surface area contributed by atoms with Gasteiger partial charge in [-0.1, -0.05) is 74.0 Å². The monoisotopic (exact) mass is 547 g/mol. The molecule has 0 bridgehead atoms. The van der Waals surface area contributed by atoms with Crippen LogP contribution in [-0.2, 0) is 28.4 Å². The lowest BCUT2D eigenvalue weighted by Gasteiger charge is -2.33. The van der Waals surface area contributed by atoms with Gasteiger partial charge in [-0.15, -0.1) is 0 Å². The van der Waals surface area contributed by atoms with Gasteiger partial charge in [-0.2, -0.15) is 0 Å². The van der Waals surface area contributed by atoms with Gasteiger partial charge in [0.1, 0.15) is 11.6 Å². The number of hydrogen-bond acceptors (Lipinski definition) is 5. The summed E-state index contributed by atoms with van der Waals surface area (Å²) in [6, 6.07) is 18.8. The summed E-state index contributed by atoms with van der Waals surface area (Å²) < 4.78 is 44.3. The van der Waals surface area contributed by atoms with Crippen molar-refractivity contribution in [2.75, 3.05) is 26.0 Å². The molecule has 3 rings (SSSR count). The Kier molecular flexibility index (Phi) is 9.75. The Balaban J connectivity index is 1.74. The number of aliphatic hydroxyl groups excluding tert-OH is 1. The maximum Gasteiger partial charge on any atom is 0.176 e. The first kappa shape index (κ1) is 29.1. The van der Waals surface area contributed by atoms with Crippen molar-refractivity contribution >= 4 is 21.4 Å². The second kappa shape index (κ2) is 12.4. The Morgan fingerprint density at radius 3 is 2.43 bits per heavy atom. The summed E-state index contributed by atoms with van der Waals surface area (Å²) in [5.41, 5.74) is 2.94. The van der Waals surface area contributed by atoms with Gasteiger partial charge in [0.25, 0.3) is 0 Å². The van der Waals surface area contributed by atoms with Crippen LogP contribution in [0.25, 0.3) is 0 Å². The van der Waals surface area contributed by atoms with Crippen LogP contribution in [0.5, 0.6) is 5.75 Å². The first-order valence-electron chi connectivity index (χ1n) is 12.2. The van der Waals surface area contributed by atoms with Crippen LogP contribution in [-0.4, -0.2) is 44.4 Å². The minimum atomic E-state index is -3.72. The summed E-state index contributed by atoms with van der Waals surface area (Å²) in [6.45, 7) is 8.10. The number of ether oxygens (including phenoxy) is 1. The minimum absolute atomic E-state index is 0.119. The minimum Gasteiger partial charge on any atom is -0.493 e. The van der Waals surface area contributed by atoms with E-state index in [0.29, 0.717) is 19.5 Å². The zero-order valence-corrected chi connectivity index (χ0v) is 23.4. The molecule has 0 aliphatic carbocycles. The Labute approximate surface area is 224 Å². The smallest absolute Gasteiger partial charge is 0.176 e. The third kappa shape index (κ3) is 7.77. The van der Waals surface area contributed by atoms with Gasteiger partial charge in [0.05, 0.1) is 18.1 Å². The van der Waals surface area contributed by atoms with Crippen molar-refractivity contribution in [3.05, 3.63) is 93.8 Å². The lowest BCUT2D eigenvalue weighted by molar-refractivity contribution is 0.194. The van der Waals surface area contributed by atoms with E-state index < -0.39 is 22.3 Å². The molecule has 0 heterocycles. The molecule has 37 heavy (non-hydrogen) atoms. The molecule has 0 saturated carbocycles. The quantitative estimate of drug-likeness (QED) is 0.285. The molecule has 0 radical (unpaired) electrons. The van der Waals surface area contributed by atoms with Gasteiger partial charge in [-0.3, -0.25) is 4.90 Å². The van der Waals surface area contributed by atoms with E-state index in [0.717, 1.165) is 35.0 Å². The predicted octanol–water partition coefficient (Wildman–Crippen LogP) is 5.93. The molecule has 0 aliphatic heterocycles. The number of benzene rings is 3. The van der Waals surface area contributed by atoms with Crippen LogP contribution in [0.15, 0.2) is 65.6 Å². The van der Waals surface area contributed by atoms with Crippen molar-refractivity contribution in [1.29, 1.82) is 0 Å². The molecule has 1 N–H and O–H groups in total. The Hall–Kier alpha value is -2.45. The average molecular weight is 548 g/mol. The van der Waals surface area contributed by atoms with Crippen LogP contribution in [0.3, 0.4) is 0 Å². The van der Waals surface area contributed by atoms with E-state index in [1.807, 2.05) is 43.3 Å². The van der Waals surface area contributed by atoms with E-state index in [1.54, 1.807) is 0 Å². The lowest BCUT2D eigenvalue weighted by atomic mass is 9.84. The number of sulfone groups is 1. The zero-order chi connectivity index (χ0) is 27.2. The fraction of sp³-hybridized carbons (Fsp3) is 0.379. The van der Waals surface area contributed by atoms with Crippen molar-refractivity contribution in [2.24, 2.45) is 0 Å². The van der Waals surface area contributed by atoms with Gasteiger partial charge in [0.2, 0.25) is 0 Å². The maximum absolute atomic E-state index is 14.4. The average Bonchev–Trinajstić information content (AvgIpc) is 2.84. The zero-order valence-electron chi connectivity index (χ0n) is 21.8. The number of hydrogen-bond donors (Lipinski definition) is 1. The summed E-state index contributed by atoms with van der Waals surface area (Å²) >= 11 is 6.60. The molecule has 0 aromatic heterocycles. The lowest BCUT2D eigenvalue weighted by Crippen LogP contribution is -2.37. The van der Waals surface area contributed by atoms with Crippen LogP contribution in [0, 0.1) is 12.7 Å². The van der Waals surface area contributed by atoms with E-state index in [1.165, 1.54) is 11.6 Å². The third-order valence-electron chi connectivity index (χ3n) is 6.41. The van der Waals surface area contributed by atoms with Crippen molar-refractivity contribution in [3.63, 3.8) is 0 Å². The fourth-order valence-corrected chi connectivity index (χ4v) is 5.58. The molecule has 8 heteroatoms. The first-order chi connectivity index (χ1) is 17.4. The van der Waals surface area contributed by atoms with E-state index in [4.69, 9.17) is 16.3 Å². The molecule has 0 atom stereocenters. The molecule has 0 amide bonds. The normalized spacial score (nSPS) is 12.2. The number of aryl methyl sites for hydroxylation is 1. The topological polar surface area (TPSA) is 66.8 Å². The highest BCUT2D eigenvalue weighted by molar-refractivity contribution is 7.90. The molecule has 0 fully saturated rings. The van der Waals surface area contributed by atoms with E-state index in [2.05, 4.69) is 30.9 Å². The maximum atomic E-state index is 14.4. The van der Waals surface area contributed by atoms with Gasteiger partial charge >= 0.3 is 0 Å². The summed E-state index contributed by atoms with van der Waals surface area (Å²) in [5.74, 6) is -0.686. The highest BCUT2D eigenvalue weighted by Crippen LogP contribution is 2.28. The second-order valence-electron chi connectivity index (χ2n) is 10.0. The van der Waals surface area contributed by atoms with E-state index in [-0.39, 0.29) is 28.2 Å². The van der Waals surface area contributed by atoms with Crippen molar-refractivity contribution in [2.45, 2.75) is 50.7 Å². The van der Waals surface area contributed by atoms with E-state index >= 15 is 0 Å². The van der Waals surface area contributed by atoms with Crippen LogP contribution < -0.4 is 4.74 Å². The number of halogens is 2. The standard InChI is InChI=1S/C29H35ClFNO4S/c1-21-10-8-11-22(28(21)30)18-32(20-29(2,3)23-12-6-5-7-13-23)14-9-15-36-24-16-26(31)25(19-33)27(17-24)37(4,34)35/h5-8,10-13,16-17,33H,9,14-15,18-20H2,1-4H3.